The van der Waals surface area contributed by atoms with E-state index in [4.69, 9.17) is 9.15 Å². The van der Waals surface area contributed by atoms with Crippen LogP contribution in [0.5, 0.6) is 5.75 Å². The average molecular weight is 333 g/mol. The van der Waals surface area contributed by atoms with Crippen molar-refractivity contribution < 1.29 is 9.15 Å². The fourth-order valence-corrected chi connectivity index (χ4v) is 2.86. The summed E-state index contributed by atoms with van der Waals surface area (Å²) in [6.07, 6.45) is 3.55. The number of fused-ring (bicyclic) bond motifs is 1. The summed E-state index contributed by atoms with van der Waals surface area (Å²) in [5.41, 5.74) is 6.41. The quantitative estimate of drug-likeness (QED) is 0.556. The van der Waals surface area contributed by atoms with Gasteiger partial charge in [-0.05, 0) is 61.4 Å². The third-order valence-electron chi connectivity index (χ3n) is 4.46. The van der Waals surface area contributed by atoms with Crippen molar-refractivity contribution in [1.29, 1.82) is 0 Å². The van der Waals surface area contributed by atoms with Crippen LogP contribution in [0.2, 0.25) is 0 Å². The lowest BCUT2D eigenvalue weighted by Gasteiger charge is -2.04. The van der Waals surface area contributed by atoms with Gasteiger partial charge in [-0.3, -0.25) is 0 Å². The lowest BCUT2D eigenvalue weighted by Crippen LogP contribution is -1.98. The molecule has 0 atom stereocenters. The number of imidazole rings is 1. The molecule has 0 saturated heterocycles. The molecule has 0 aliphatic heterocycles. The van der Waals surface area contributed by atoms with E-state index in [0.29, 0.717) is 12.4 Å². The van der Waals surface area contributed by atoms with Gasteiger partial charge in [-0.15, -0.1) is 0 Å². The zero-order chi connectivity index (χ0) is 17.4. The van der Waals surface area contributed by atoms with Crippen LogP contribution in [0.3, 0.4) is 0 Å². The van der Waals surface area contributed by atoms with Crippen molar-refractivity contribution in [3.05, 3.63) is 65.8 Å². The van der Waals surface area contributed by atoms with E-state index >= 15 is 0 Å². The van der Waals surface area contributed by atoms with Gasteiger partial charge in [-0.2, -0.15) is 0 Å². The van der Waals surface area contributed by atoms with Crippen LogP contribution in [0.1, 0.15) is 16.8 Å². The van der Waals surface area contributed by atoms with Crippen LogP contribution in [0.25, 0.3) is 22.5 Å². The molecule has 2 aromatic carbocycles. The number of aromatic nitrogens is 3. The minimum atomic E-state index is 0.606. The summed E-state index contributed by atoms with van der Waals surface area (Å²) in [6, 6.07) is 12.0. The monoisotopic (exact) mass is 333 g/mol. The third-order valence-corrected chi connectivity index (χ3v) is 4.46. The third kappa shape index (κ3) is 2.89. The number of aryl methyl sites for hydroxylation is 2. The number of rotatable bonds is 4. The van der Waals surface area contributed by atoms with E-state index in [1.54, 1.807) is 13.4 Å². The first-order chi connectivity index (χ1) is 12.1. The van der Waals surface area contributed by atoms with Crippen molar-refractivity contribution in [2.45, 2.75) is 20.4 Å². The second-order valence-corrected chi connectivity index (χ2v) is 6.17. The lowest BCUT2D eigenvalue weighted by atomic mass is 10.1. The van der Waals surface area contributed by atoms with Crippen molar-refractivity contribution in [2.24, 2.45) is 0 Å². The first kappa shape index (κ1) is 15.4. The Bertz CT molecular complexity index is 1030. The Hall–Kier alpha value is -3.08. The van der Waals surface area contributed by atoms with Crippen molar-refractivity contribution >= 4 is 11.0 Å². The van der Waals surface area contributed by atoms with Gasteiger partial charge in [0.15, 0.2) is 0 Å². The minimum absolute atomic E-state index is 0.606. The molecule has 0 radical (unpaired) electrons. The zero-order valence-electron chi connectivity index (χ0n) is 14.5. The van der Waals surface area contributed by atoms with E-state index in [1.807, 2.05) is 30.6 Å². The van der Waals surface area contributed by atoms with Crippen LogP contribution < -0.4 is 4.74 Å². The average Bonchev–Trinajstić information content (AvgIpc) is 3.24. The van der Waals surface area contributed by atoms with E-state index in [2.05, 4.69) is 40.5 Å². The summed E-state index contributed by atoms with van der Waals surface area (Å²) in [5, 5.41) is 0. The largest absolute Gasteiger partial charge is 0.497 e. The Morgan fingerprint density at radius 3 is 2.60 bits per heavy atom. The fourth-order valence-electron chi connectivity index (χ4n) is 2.86. The van der Waals surface area contributed by atoms with Gasteiger partial charge in [0, 0.05) is 5.56 Å². The van der Waals surface area contributed by atoms with Crippen molar-refractivity contribution in [1.82, 2.24) is 14.5 Å². The molecule has 0 fully saturated rings. The van der Waals surface area contributed by atoms with Crippen LogP contribution in [0.4, 0.5) is 0 Å². The molecule has 2 heterocycles. The molecule has 0 amide bonds. The Kier molecular flexibility index (Phi) is 3.76. The van der Waals surface area contributed by atoms with Gasteiger partial charge >= 0.3 is 0 Å². The number of hydrogen-bond donors (Lipinski definition) is 0. The molecule has 0 aliphatic rings. The molecule has 0 unspecified atom stereocenters. The molecule has 2 aromatic heterocycles. The first-order valence-electron chi connectivity index (χ1n) is 8.15. The van der Waals surface area contributed by atoms with E-state index in [1.165, 1.54) is 11.1 Å². The second-order valence-electron chi connectivity index (χ2n) is 6.17. The van der Waals surface area contributed by atoms with Gasteiger partial charge < -0.3 is 13.7 Å². The number of hydrogen-bond acceptors (Lipinski definition) is 4. The van der Waals surface area contributed by atoms with Crippen LogP contribution in [-0.2, 0) is 6.54 Å². The first-order valence-corrected chi connectivity index (χ1v) is 8.15. The highest BCUT2D eigenvalue weighted by atomic mass is 16.5. The van der Waals surface area contributed by atoms with Gasteiger partial charge in [-0.1, -0.05) is 0 Å². The number of nitrogens with zero attached hydrogens (tertiary/aromatic N) is 3. The Morgan fingerprint density at radius 1 is 1.08 bits per heavy atom. The van der Waals surface area contributed by atoms with Crippen molar-refractivity contribution in [3.63, 3.8) is 0 Å². The Morgan fingerprint density at radius 2 is 1.84 bits per heavy atom. The lowest BCUT2D eigenvalue weighted by molar-refractivity contribution is 0.415. The summed E-state index contributed by atoms with van der Waals surface area (Å²) < 4.78 is 12.9. The van der Waals surface area contributed by atoms with E-state index in [0.717, 1.165) is 28.0 Å². The van der Waals surface area contributed by atoms with Crippen molar-refractivity contribution in [2.75, 3.05) is 7.11 Å². The SMILES string of the molecule is COc1ccc(-c2nc(Cn3cnc4cc(C)c(C)cc43)co2)cc1. The molecule has 5 nitrogen and oxygen atoms in total. The molecule has 5 heteroatoms. The summed E-state index contributed by atoms with van der Waals surface area (Å²) >= 11 is 0. The summed E-state index contributed by atoms with van der Waals surface area (Å²) in [6.45, 7) is 4.84. The molecule has 0 spiro atoms. The highest BCUT2D eigenvalue weighted by Crippen LogP contribution is 2.23. The summed E-state index contributed by atoms with van der Waals surface area (Å²) in [5.74, 6) is 1.42. The summed E-state index contributed by atoms with van der Waals surface area (Å²) in [7, 11) is 1.65. The topological polar surface area (TPSA) is 53.1 Å². The Labute approximate surface area is 145 Å². The maximum atomic E-state index is 5.64. The standard InChI is InChI=1S/C20H19N3O2/c1-13-8-18-19(9-14(13)2)23(12-21-18)10-16-11-25-20(22-16)15-4-6-17(24-3)7-5-15/h4-9,11-12H,10H2,1-3H3. The van der Waals surface area contributed by atoms with E-state index in [9.17, 15) is 0 Å². The van der Waals surface area contributed by atoms with Gasteiger partial charge in [0.2, 0.25) is 5.89 Å². The Balaban J connectivity index is 1.61. The molecule has 0 aliphatic carbocycles. The van der Waals surface area contributed by atoms with Crippen LogP contribution >= 0.6 is 0 Å². The maximum absolute atomic E-state index is 5.64. The van der Waals surface area contributed by atoms with Crippen LogP contribution in [0.15, 0.2) is 53.4 Å². The molecule has 4 rings (SSSR count). The molecule has 0 bridgehead atoms. The fraction of sp³-hybridized carbons (Fsp3) is 0.200. The number of benzene rings is 2. The van der Waals surface area contributed by atoms with Gasteiger partial charge in [0.25, 0.3) is 0 Å². The molecule has 0 N–H and O–H groups in total. The molecule has 126 valence electrons. The van der Waals surface area contributed by atoms with Crippen LogP contribution in [0, 0.1) is 13.8 Å². The predicted molar refractivity (Wildman–Crippen MR) is 96.8 cm³/mol. The highest BCUT2D eigenvalue weighted by molar-refractivity contribution is 5.77. The van der Waals surface area contributed by atoms with E-state index < -0.39 is 0 Å². The zero-order valence-corrected chi connectivity index (χ0v) is 14.5. The normalized spacial score (nSPS) is 11.2. The molecule has 0 saturated carbocycles. The number of oxazole rings is 1. The molecule has 4 aromatic rings. The predicted octanol–water partition coefficient (Wildman–Crippen LogP) is 4.37. The molecule has 25 heavy (non-hydrogen) atoms. The van der Waals surface area contributed by atoms with Gasteiger partial charge in [0.05, 0.1) is 36.7 Å². The second kappa shape index (κ2) is 6.09. The van der Waals surface area contributed by atoms with Gasteiger partial charge in [-0.25, -0.2) is 9.97 Å². The highest BCUT2D eigenvalue weighted by Gasteiger charge is 2.10. The summed E-state index contributed by atoms with van der Waals surface area (Å²) in [4.78, 5) is 9.09. The number of methoxy groups -OCH3 is 1. The minimum Gasteiger partial charge on any atom is -0.497 e. The molecular formula is C20H19N3O2. The van der Waals surface area contributed by atoms with Crippen LogP contribution in [-0.4, -0.2) is 21.6 Å². The smallest absolute Gasteiger partial charge is 0.226 e. The molecular weight excluding hydrogens is 314 g/mol. The van der Waals surface area contributed by atoms with Gasteiger partial charge in [0.1, 0.15) is 12.0 Å². The number of ether oxygens (including phenoxy) is 1. The maximum Gasteiger partial charge on any atom is 0.226 e. The van der Waals surface area contributed by atoms with E-state index in [-0.39, 0.29) is 0 Å². The van der Waals surface area contributed by atoms with Crippen molar-refractivity contribution in [3.8, 4) is 17.2 Å².